The number of anilines is 1. The van der Waals surface area contributed by atoms with Crippen LogP contribution in [0.2, 0.25) is 5.02 Å². The van der Waals surface area contributed by atoms with Gasteiger partial charge in [-0.25, -0.2) is 4.39 Å². The minimum atomic E-state index is -0.968. The zero-order chi connectivity index (χ0) is 22.3. The van der Waals surface area contributed by atoms with E-state index < -0.39 is 29.3 Å². The highest BCUT2D eigenvalue weighted by molar-refractivity contribution is 6.51. The van der Waals surface area contributed by atoms with Crippen molar-refractivity contribution in [3.8, 4) is 5.75 Å². The number of carbonyl (C=O) groups is 2. The van der Waals surface area contributed by atoms with Crippen LogP contribution in [0.25, 0.3) is 5.76 Å². The first-order chi connectivity index (χ1) is 14.8. The summed E-state index contributed by atoms with van der Waals surface area (Å²) >= 11 is 6.10. The normalized spacial score (nSPS) is 17.9. The molecule has 0 saturated carbocycles. The van der Waals surface area contributed by atoms with Crippen LogP contribution in [0, 0.1) is 12.7 Å². The summed E-state index contributed by atoms with van der Waals surface area (Å²) in [4.78, 5) is 27.3. The summed E-state index contributed by atoms with van der Waals surface area (Å²) in [6, 6.07) is 15.4. The summed E-state index contributed by atoms with van der Waals surface area (Å²) in [6.07, 6.45) is 0. The molecule has 31 heavy (non-hydrogen) atoms. The molecule has 156 valence electrons. The van der Waals surface area contributed by atoms with E-state index in [0.717, 1.165) is 0 Å². The Morgan fingerprint density at radius 2 is 1.74 bits per heavy atom. The highest BCUT2D eigenvalue weighted by atomic mass is 35.5. The van der Waals surface area contributed by atoms with Gasteiger partial charge in [0.25, 0.3) is 11.7 Å². The van der Waals surface area contributed by atoms with Crippen LogP contribution in [0.3, 0.4) is 0 Å². The highest BCUT2D eigenvalue weighted by Gasteiger charge is 2.47. The van der Waals surface area contributed by atoms with Crippen molar-refractivity contribution in [2.45, 2.75) is 13.0 Å². The van der Waals surface area contributed by atoms with Crippen molar-refractivity contribution in [2.75, 3.05) is 4.90 Å². The van der Waals surface area contributed by atoms with Crippen LogP contribution in [0.4, 0.5) is 10.1 Å². The molecule has 3 aromatic rings. The maximum atomic E-state index is 13.7. The van der Waals surface area contributed by atoms with Gasteiger partial charge in [0.1, 0.15) is 17.3 Å². The van der Waals surface area contributed by atoms with Gasteiger partial charge in [-0.1, -0.05) is 29.8 Å². The fourth-order valence-electron chi connectivity index (χ4n) is 3.64. The number of aliphatic hydroxyl groups excluding tert-OH is 1. The van der Waals surface area contributed by atoms with Crippen molar-refractivity contribution >= 4 is 34.7 Å². The second-order valence-corrected chi connectivity index (χ2v) is 7.64. The number of amides is 1. The van der Waals surface area contributed by atoms with Crippen LogP contribution in [0.15, 0.2) is 72.3 Å². The molecule has 1 amide bonds. The van der Waals surface area contributed by atoms with Crippen molar-refractivity contribution in [2.24, 2.45) is 0 Å². The Labute approximate surface area is 182 Å². The zero-order valence-corrected chi connectivity index (χ0v) is 17.1. The largest absolute Gasteiger partial charge is 0.508 e. The third-order valence-electron chi connectivity index (χ3n) is 5.17. The number of phenolic OH excluding ortho intramolecular Hbond substituents is 1. The number of aryl methyl sites for hydroxylation is 1. The molecule has 0 radical (unpaired) electrons. The molecule has 2 N–H and O–H groups in total. The number of hydrogen-bond donors (Lipinski definition) is 2. The van der Waals surface area contributed by atoms with Gasteiger partial charge in [0.15, 0.2) is 0 Å². The van der Waals surface area contributed by atoms with Crippen molar-refractivity contribution < 1.29 is 24.2 Å². The molecule has 4 rings (SSSR count). The van der Waals surface area contributed by atoms with Crippen molar-refractivity contribution in [1.82, 2.24) is 0 Å². The fourth-order valence-corrected chi connectivity index (χ4v) is 3.83. The van der Waals surface area contributed by atoms with Gasteiger partial charge in [0, 0.05) is 16.3 Å². The lowest BCUT2D eigenvalue weighted by Crippen LogP contribution is -2.29. The Morgan fingerprint density at radius 3 is 2.39 bits per heavy atom. The van der Waals surface area contributed by atoms with Gasteiger partial charge in [-0.15, -0.1) is 0 Å². The van der Waals surface area contributed by atoms with E-state index in [0.29, 0.717) is 16.3 Å². The summed E-state index contributed by atoms with van der Waals surface area (Å²) in [5.41, 5.74) is 1.24. The van der Waals surface area contributed by atoms with E-state index in [1.807, 2.05) is 0 Å². The van der Waals surface area contributed by atoms with Gasteiger partial charge in [0.05, 0.1) is 11.6 Å². The molecular formula is C24H17ClFNO4. The van der Waals surface area contributed by atoms with E-state index in [1.54, 1.807) is 36.4 Å². The lowest BCUT2D eigenvalue weighted by molar-refractivity contribution is -0.132. The second-order valence-electron chi connectivity index (χ2n) is 7.20. The quantitative estimate of drug-likeness (QED) is 0.338. The van der Waals surface area contributed by atoms with E-state index in [9.17, 15) is 24.2 Å². The third-order valence-corrected chi connectivity index (χ3v) is 5.41. The molecular weight excluding hydrogens is 421 g/mol. The van der Waals surface area contributed by atoms with Gasteiger partial charge < -0.3 is 10.2 Å². The topological polar surface area (TPSA) is 77.8 Å². The molecule has 0 bridgehead atoms. The molecule has 0 spiro atoms. The first-order valence-corrected chi connectivity index (χ1v) is 9.77. The van der Waals surface area contributed by atoms with Crippen LogP contribution in [-0.4, -0.2) is 21.9 Å². The number of rotatable bonds is 3. The summed E-state index contributed by atoms with van der Waals surface area (Å²) in [5, 5.41) is 21.1. The van der Waals surface area contributed by atoms with Gasteiger partial charge in [0.2, 0.25) is 0 Å². The number of Topliss-reactive ketones (excluding diaryl/α,β-unsaturated/α-hetero) is 1. The predicted octanol–water partition coefficient (Wildman–Crippen LogP) is 5.12. The number of hydrogen-bond acceptors (Lipinski definition) is 4. The Bertz CT molecular complexity index is 1240. The molecule has 1 heterocycles. The van der Waals surface area contributed by atoms with Crippen LogP contribution < -0.4 is 4.90 Å². The smallest absolute Gasteiger partial charge is 0.300 e. The third kappa shape index (κ3) is 3.66. The van der Waals surface area contributed by atoms with Gasteiger partial charge in [-0.3, -0.25) is 14.5 Å². The molecule has 0 aliphatic carbocycles. The molecule has 0 aromatic heterocycles. The number of nitrogens with zero attached hydrogens (tertiary/aromatic N) is 1. The molecule has 1 aliphatic rings. The Kier molecular flexibility index (Phi) is 5.25. The molecule has 1 fully saturated rings. The maximum absolute atomic E-state index is 13.7. The van der Waals surface area contributed by atoms with Crippen LogP contribution in [0.5, 0.6) is 5.75 Å². The summed E-state index contributed by atoms with van der Waals surface area (Å²) in [7, 11) is 0. The number of aromatic hydroxyl groups is 1. The minimum absolute atomic E-state index is 0.0117. The van der Waals surface area contributed by atoms with E-state index >= 15 is 0 Å². The average Bonchev–Trinajstić information content (AvgIpc) is 3.01. The minimum Gasteiger partial charge on any atom is -0.508 e. The SMILES string of the molecule is Cc1cc(/C(O)=C2\C(=O)C(=O)N(c3cccc(Cl)c3)C2c2ccc(O)cc2)ccc1F. The summed E-state index contributed by atoms with van der Waals surface area (Å²) in [6.45, 7) is 1.54. The summed E-state index contributed by atoms with van der Waals surface area (Å²) < 4.78 is 13.7. The summed E-state index contributed by atoms with van der Waals surface area (Å²) in [5.74, 6) is -2.56. The Hall–Kier alpha value is -3.64. The highest BCUT2D eigenvalue weighted by Crippen LogP contribution is 2.42. The van der Waals surface area contributed by atoms with E-state index in [-0.39, 0.29) is 22.4 Å². The Balaban J connectivity index is 1.96. The number of carbonyl (C=O) groups excluding carboxylic acids is 2. The van der Waals surface area contributed by atoms with Gasteiger partial charge in [-0.05, 0) is 66.6 Å². The first-order valence-electron chi connectivity index (χ1n) is 9.40. The fraction of sp³-hybridized carbons (Fsp3) is 0.0833. The average molecular weight is 438 g/mol. The molecule has 1 saturated heterocycles. The second kappa shape index (κ2) is 7.89. The molecule has 1 atom stereocenters. The molecule has 3 aromatic carbocycles. The van der Waals surface area contributed by atoms with Crippen molar-refractivity contribution in [1.29, 1.82) is 0 Å². The lowest BCUT2D eigenvalue weighted by atomic mass is 9.94. The Morgan fingerprint density at radius 1 is 1.03 bits per heavy atom. The number of ketones is 1. The maximum Gasteiger partial charge on any atom is 0.300 e. The molecule has 1 unspecified atom stereocenters. The van der Waals surface area contributed by atoms with E-state index in [1.165, 1.54) is 42.2 Å². The molecule has 7 heteroatoms. The van der Waals surface area contributed by atoms with E-state index in [4.69, 9.17) is 11.6 Å². The molecule has 5 nitrogen and oxygen atoms in total. The van der Waals surface area contributed by atoms with Gasteiger partial charge in [-0.2, -0.15) is 0 Å². The predicted molar refractivity (Wildman–Crippen MR) is 115 cm³/mol. The number of phenols is 1. The molecule has 1 aliphatic heterocycles. The van der Waals surface area contributed by atoms with Crippen LogP contribution in [-0.2, 0) is 9.59 Å². The number of benzene rings is 3. The first kappa shape index (κ1) is 20.6. The van der Waals surface area contributed by atoms with Crippen molar-refractivity contribution in [3.05, 3.63) is 99.8 Å². The van der Waals surface area contributed by atoms with Crippen molar-refractivity contribution in [3.63, 3.8) is 0 Å². The monoisotopic (exact) mass is 437 g/mol. The number of halogens is 2. The number of aliphatic hydroxyl groups is 1. The zero-order valence-electron chi connectivity index (χ0n) is 16.3. The van der Waals surface area contributed by atoms with Crippen LogP contribution in [0.1, 0.15) is 22.7 Å². The van der Waals surface area contributed by atoms with Gasteiger partial charge >= 0.3 is 0 Å². The standard InChI is InChI=1S/C24H17ClFNO4/c1-13-11-15(7-10-19(13)26)22(29)20-21(14-5-8-18(28)9-6-14)27(24(31)23(20)30)17-4-2-3-16(25)12-17/h2-12,21,28-29H,1H3/b22-20+. The van der Waals surface area contributed by atoms with E-state index in [2.05, 4.69) is 0 Å². The lowest BCUT2D eigenvalue weighted by Gasteiger charge is -2.25. The van der Waals surface area contributed by atoms with Crippen LogP contribution >= 0.6 is 11.6 Å².